The number of benzene rings is 2. The van der Waals surface area contributed by atoms with Crippen molar-refractivity contribution in [2.24, 2.45) is 0 Å². The fraction of sp³-hybridized carbons (Fsp3) is 0.300. The molecule has 0 unspecified atom stereocenters. The Balaban J connectivity index is 1.66. The Bertz CT molecular complexity index is 747. The minimum Gasteiger partial charge on any atom is -0.492 e. The summed E-state index contributed by atoms with van der Waals surface area (Å²) in [5.74, 6) is -0.0453. The number of nitrogens with one attached hydrogen (secondary N) is 1. The number of nitrogens with zero attached hydrogens (tertiary/aromatic N) is 1. The molecule has 5 nitrogen and oxygen atoms in total. The summed E-state index contributed by atoms with van der Waals surface area (Å²) >= 11 is 0. The van der Waals surface area contributed by atoms with E-state index in [0.717, 1.165) is 5.56 Å². The van der Waals surface area contributed by atoms with Crippen LogP contribution in [0.15, 0.2) is 48.5 Å². The van der Waals surface area contributed by atoms with Gasteiger partial charge in [0.25, 0.3) is 5.91 Å². The second-order valence-electron chi connectivity index (χ2n) is 5.99. The van der Waals surface area contributed by atoms with E-state index < -0.39 is 0 Å². The van der Waals surface area contributed by atoms with Gasteiger partial charge in [-0.2, -0.15) is 0 Å². The molecule has 0 fully saturated rings. The van der Waals surface area contributed by atoms with Crippen molar-refractivity contribution in [3.63, 3.8) is 0 Å². The normalized spacial score (nSPS) is 10.3. The summed E-state index contributed by atoms with van der Waals surface area (Å²) in [7, 11) is 1.68. The summed E-state index contributed by atoms with van der Waals surface area (Å²) in [4.78, 5) is 25.6. The van der Waals surface area contributed by atoms with E-state index in [4.69, 9.17) is 4.74 Å². The van der Waals surface area contributed by atoms with E-state index >= 15 is 0 Å². The lowest BCUT2D eigenvalue weighted by Crippen LogP contribution is -2.34. The molecule has 2 aromatic rings. The van der Waals surface area contributed by atoms with Crippen LogP contribution in [-0.4, -0.2) is 43.5 Å². The average Bonchev–Trinajstić information content (AvgIpc) is 2.63. The minimum atomic E-state index is -0.322. The quantitative estimate of drug-likeness (QED) is 0.789. The van der Waals surface area contributed by atoms with Crippen molar-refractivity contribution in [2.45, 2.75) is 13.3 Å². The lowest BCUT2D eigenvalue weighted by molar-refractivity contribution is -0.130. The zero-order chi connectivity index (χ0) is 18.9. The molecule has 2 amide bonds. The number of hydrogen-bond acceptors (Lipinski definition) is 3. The van der Waals surface area contributed by atoms with Gasteiger partial charge in [-0.3, -0.25) is 9.59 Å². The van der Waals surface area contributed by atoms with Crippen LogP contribution in [0.2, 0.25) is 0 Å². The van der Waals surface area contributed by atoms with Crippen LogP contribution in [0.5, 0.6) is 5.75 Å². The van der Waals surface area contributed by atoms with Crippen LogP contribution in [0.3, 0.4) is 0 Å². The van der Waals surface area contributed by atoms with Crippen molar-refractivity contribution in [1.29, 1.82) is 0 Å². The number of amides is 2. The predicted molar refractivity (Wildman–Crippen MR) is 97.7 cm³/mol. The second-order valence-corrected chi connectivity index (χ2v) is 5.99. The molecule has 0 aliphatic heterocycles. The molecular formula is C20H23FN2O3. The van der Waals surface area contributed by atoms with Gasteiger partial charge in [0.1, 0.15) is 18.2 Å². The highest BCUT2D eigenvalue weighted by molar-refractivity contribution is 5.94. The number of hydrogen-bond donors (Lipinski definition) is 1. The first kappa shape index (κ1) is 19.4. The first-order chi connectivity index (χ1) is 12.5. The summed E-state index contributed by atoms with van der Waals surface area (Å²) in [5.41, 5.74) is 1.59. The standard InChI is InChI=1S/C20H23FN2O3/c1-15-4-3-5-16(14-15)20(25)22-11-10-19(24)23(2)12-13-26-18-8-6-17(21)7-9-18/h3-9,14H,10-13H2,1-2H3,(H,22,25). The van der Waals surface area contributed by atoms with Crippen molar-refractivity contribution in [1.82, 2.24) is 10.2 Å². The molecule has 138 valence electrons. The molecule has 6 heteroatoms. The number of ether oxygens (including phenoxy) is 1. The third-order valence-corrected chi connectivity index (χ3v) is 3.84. The van der Waals surface area contributed by atoms with Gasteiger partial charge in [-0.1, -0.05) is 17.7 Å². The Labute approximate surface area is 152 Å². The molecule has 2 aromatic carbocycles. The van der Waals surface area contributed by atoms with Crippen molar-refractivity contribution < 1.29 is 18.7 Å². The fourth-order valence-electron chi connectivity index (χ4n) is 2.32. The Kier molecular flexibility index (Phi) is 7.14. The van der Waals surface area contributed by atoms with Crippen molar-refractivity contribution in [2.75, 3.05) is 26.7 Å². The molecule has 0 heterocycles. The molecular weight excluding hydrogens is 335 g/mol. The molecule has 0 atom stereocenters. The number of carbonyl (C=O) groups is 2. The molecule has 0 saturated carbocycles. The van der Waals surface area contributed by atoms with Gasteiger partial charge < -0.3 is 15.0 Å². The van der Waals surface area contributed by atoms with Crippen LogP contribution in [0.4, 0.5) is 4.39 Å². The summed E-state index contributed by atoms with van der Waals surface area (Å²) in [5, 5.41) is 2.75. The lowest BCUT2D eigenvalue weighted by Gasteiger charge is -2.17. The first-order valence-electron chi connectivity index (χ1n) is 8.43. The zero-order valence-corrected chi connectivity index (χ0v) is 15.0. The Morgan fingerprint density at radius 2 is 1.88 bits per heavy atom. The van der Waals surface area contributed by atoms with Crippen LogP contribution < -0.4 is 10.1 Å². The van der Waals surface area contributed by atoms with E-state index in [2.05, 4.69) is 5.32 Å². The molecule has 0 aromatic heterocycles. The number of likely N-dealkylation sites (N-methyl/N-ethyl adjacent to an activating group) is 1. The van der Waals surface area contributed by atoms with Gasteiger partial charge in [-0.15, -0.1) is 0 Å². The number of rotatable bonds is 8. The van der Waals surface area contributed by atoms with E-state index in [1.54, 1.807) is 24.1 Å². The highest BCUT2D eigenvalue weighted by atomic mass is 19.1. The molecule has 2 rings (SSSR count). The maximum Gasteiger partial charge on any atom is 0.251 e. The number of carbonyl (C=O) groups excluding carboxylic acids is 2. The molecule has 1 N–H and O–H groups in total. The maximum absolute atomic E-state index is 12.8. The smallest absolute Gasteiger partial charge is 0.251 e. The van der Waals surface area contributed by atoms with E-state index in [1.807, 2.05) is 19.1 Å². The molecule has 0 saturated heterocycles. The Hall–Kier alpha value is -2.89. The summed E-state index contributed by atoms with van der Waals surface area (Å²) in [6, 6.07) is 13.0. The van der Waals surface area contributed by atoms with E-state index in [1.165, 1.54) is 24.3 Å². The van der Waals surface area contributed by atoms with Gasteiger partial charge in [0, 0.05) is 25.6 Å². The highest BCUT2D eigenvalue weighted by Gasteiger charge is 2.10. The number of aryl methyl sites for hydroxylation is 1. The minimum absolute atomic E-state index is 0.0859. The average molecular weight is 358 g/mol. The summed E-state index contributed by atoms with van der Waals surface area (Å²) < 4.78 is 18.3. The van der Waals surface area contributed by atoms with Gasteiger partial charge in [0.05, 0.1) is 6.54 Å². The maximum atomic E-state index is 12.8. The van der Waals surface area contributed by atoms with Crippen molar-refractivity contribution >= 4 is 11.8 Å². The molecule has 0 aliphatic carbocycles. The molecule has 0 radical (unpaired) electrons. The SMILES string of the molecule is Cc1cccc(C(=O)NCCC(=O)N(C)CCOc2ccc(F)cc2)c1. The topological polar surface area (TPSA) is 58.6 Å². The van der Waals surface area contributed by atoms with Gasteiger partial charge >= 0.3 is 0 Å². The summed E-state index contributed by atoms with van der Waals surface area (Å²) in [6.07, 6.45) is 0.213. The van der Waals surface area contributed by atoms with E-state index in [-0.39, 0.29) is 30.6 Å². The predicted octanol–water partition coefficient (Wildman–Crippen LogP) is 2.79. The highest BCUT2D eigenvalue weighted by Crippen LogP contribution is 2.10. The van der Waals surface area contributed by atoms with Gasteiger partial charge in [-0.25, -0.2) is 4.39 Å². The van der Waals surface area contributed by atoms with Crippen molar-refractivity contribution in [3.05, 3.63) is 65.5 Å². The summed E-state index contributed by atoms with van der Waals surface area (Å²) in [6.45, 7) is 2.91. The molecule has 0 spiro atoms. The van der Waals surface area contributed by atoms with Crippen LogP contribution in [0.25, 0.3) is 0 Å². The van der Waals surface area contributed by atoms with Crippen LogP contribution in [-0.2, 0) is 4.79 Å². The zero-order valence-electron chi connectivity index (χ0n) is 15.0. The van der Waals surface area contributed by atoms with Gasteiger partial charge in [-0.05, 0) is 43.3 Å². The fourth-order valence-corrected chi connectivity index (χ4v) is 2.32. The van der Waals surface area contributed by atoms with E-state index in [9.17, 15) is 14.0 Å². The monoisotopic (exact) mass is 358 g/mol. The first-order valence-corrected chi connectivity index (χ1v) is 8.43. The van der Waals surface area contributed by atoms with Gasteiger partial charge in [0.15, 0.2) is 0 Å². The molecule has 26 heavy (non-hydrogen) atoms. The van der Waals surface area contributed by atoms with Crippen molar-refractivity contribution in [3.8, 4) is 5.75 Å². The third kappa shape index (κ3) is 6.20. The molecule has 0 bridgehead atoms. The Morgan fingerprint density at radius 3 is 2.58 bits per heavy atom. The second kappa shape index (κ2) is 9.56. The van der Waals surface area contributed by atoms with E-state index in [0.29, 0.717) is 24.5 Å². The van der Waals surface area contributed by atoms with Crippen LogP contribution in [0.1, 0.15) is 22.3 Å². The Morgan fingerprint density at radius 1 is 1.15 bits per heavy atom. The lowest BCUT2D eigenvalue weighted by atomic mass is 10.1. The largest absolute Gasteiger partial charge is 0.492 e. The molecule has 0 aliphatic rings. The van der Waals surface area contributed by atoms with Crippen LogP contribution >= 0.6 is 0 Å². The van der Waals surface area contributed by atoms with Crippen LogP contribution in [0, 0.1) is 12.7 Å². The third-order valence-electron chi connectivity index (χ3n) is 3.84. The number of halogens is 1. The van der Waals surface area contributed by atoms with Gasteiger partial charge in [0.2, 0.25) is 5.91 Å².